The maximum absolute atomic E-state index is 11.7. The van der Waals surface area contributed by atoms with Gasteiger partial charge in [0.05, 0.1) is 10.7 Å². The molecule has 3 heteroatoms. The second-order valence-electron chi connectivity index (χ2n) is 3.39. The lowest BCUT2D eigenvalue weighted by molar-refractivity contribution is 0.0971. The highest BCUT2D eigenvalue weighted by molar-refractivity contribution is 14.1. The largest absolute Gasteiger partial charge is 0.496 e. The molecule has 1 aromatic carbocycles. The second kappa shape index (κ2) is 3.88. The molecule has 2 rings (SSSR count). The molecule has 0 saturated carbocycles. The van der Waals surface area contributed by atoms with E-state index in [1.54, 1.807) is 7.11 Å². The Morgan fingerprint density at radius 1 is 1.36 bits per heavy atom. The Kier molecular flexibility index (Phi) is 2.76. The van der Waals surface area contributed by atoms with Crippen LogP contribution in [-0.2, 0) is 6.42 Å². The molecule has 1 aromatic rings. The van der Waals surface area contributed by atoms with Crippen molar-refractivity contribution in [2.45, 2.75) is 19.3 Å². The normalized spacial score (nSPS) is 15.1. The van der Waals surface area contributed by atoms with Crippen LogP contribution < -0.4 is 4.74 Å². The third-order valence-corrected chi connectivity index (χ3v) is 3.61. The second-order valence-corrected chi connectivity index (χ2v) is 4.47. The molecule has 0 aliphatic heterocycles. The minimum atomic E-state index is 0.259. The molecule has 2 nitrogen and oxygen atoms in total. The van der Waals surface area contributed by atoms with Crippen LogP contribution in [0.15, 0.2) is 12.1 Å². The summed E-state index contributed by atoms with van der Waals surface area (Å²) in [6.45, 7) is 0. The van der Waals surface area contributed by atoms with Crippen molar-refractivity contribution in [3.05, 3.63) is 26.8 Å². The molecule has 1 aliphatic rings. The van der Waals surface area contributed by atoms with Crippen LogP contribution in [0, 0.1) is 3.57 Å². The van der Waals surface area contributed by atoms with Gasteiger partial charge in [0.1, 0.15) is 5.75 Å². The van der Waals surface area contributed by atoms with Gasteiger partial charge in [0.25, 0.3) is 0 Å². The van der Waals surface area contributed by atoms with Gasteiger partial charge in [-0.3, -0.25) is 4.79 Å². The molecule has 0 atom stereocenters. The molecule has 0 fully saturated rings. The highest BCUT2D eigenvalue weighted by Gasteiger charge is 2.21. The van der Waals surface area contributed by atoms with E-state index in [9.17, 15) is 4.79 Å². The van der Waals surface area contributed by atoms with Crippen molar-refractivity contribution in [2.24, 2.45) is 0 Å². The van der Waals surface area contributed by atoms with Gasteiger partial charge in [-0.25, -0.2) is 0 Å². The first-order valence-corrected chi connectivity index (χ1v) is 5.70. The Balaban J connectivity index is 2.60. The molecule has 0 bridgehead atoms. The Hall–Kier alpha value is -0.580. The lowest BCUT2D eigenvalue weighted by Gasteiger charge is -2.17. The first-order valence-electron chi connectivity index (χ1n) is 4.62. The van der Waals surface area contributed by atoms with E-state index in [0.29, 0.717) is 6.42 Å². The Morgan fingerprint density at radius 2 is 2.14 bits per heavy atom. The number of Topliss-reactive ketones (excluding diaryl/α,β-unsaturated/α-hetero) is 1. The molecular weight excluding hydrogens is 291 g/mol. The topological polar surface area (TPSA) is 26.3 Å². The number of halogens is 1. The third-order valence-electron chi connectivity index (χ3n) is 2.54. The summed E-state index contributed by atoms with van der Waals surface area (Å²) in [4.78, 5) is 11.7. The van der Waals surface area contributed by atoms with Crippen molar-refractivity contribution in [1.82, 2.24) is 0 Å². The number of benzene rings is 1. The van der Waals surface area contributed by atoms with Gasteiger partial charge < -0.3 is 4.74 Å². The first kappa shape index (κ1) is 9.96. The Labute approximate surface area is 96.8 Å². The fraction of sp³-hybridized carbons (Fsp3) is 0.364. The van der Waals surface area contributed by atoms with Crippen molar-refractivity contribution >= 4 is 28.4 Å². The fourth-order valence-corrected chi connectivity index (χ4v) is 2.88. The van der Waals surface area contributed by atoms with E-state index in [4.69, 9.17) is 4.74 Å². The molecule has 1 aliphatic carbocycles. The molecule has 0 aromatic heterocycles. The quantitative estimate of drug-likeness (QED) is 0.746. The summed E-state index contributed by atoms with van der Waals surface area (Å²) in [5, 5.41) is 0. The summed E-state index contributed by atoms with van der Waals surface area (Å²) in [7, 11) is 1.64. The van der Waals surface area contributed by atoms with Crippen LogP contribution >= 0.6 is 22.6 Å². The van der Waals surface area contributed by atoms with Gasteiger partial charge in [0, 0.05) is 12.0 Å². The molecule has 0 unspecified atom stereocenters. The molecular formula is C11H11IO2. The predicted octanol–water partition coefficient (Wildman–Crippen LogP) is 2.82. The van der Waals surface area contributed by atoms with Crippen LogP contribution in [0.3, 0.4) is 0 Å². The number of hydrogen-bond donors (Lipinski definition) is 0. The monoisotopic (exact) mass is 302 g/mol. The SMILES string of the molecule is COc1ccc2c(c1I)C(=O)CCC2. The number of rotatable bonds is 1. The number of ether oxygens (including phenoxy) is 1. The average molecular weight is 302 g/mol. The zero-order valence-electron chi connectivity index (χ0n) is 7.97. The minimum Gasteiger partial charge on any atom is -0.496 e. The number of carbonyl (C=O) groups excluding carboxylic acids is 1. The van der Waals surface area contributed by atoms with Crippen LogP contribution in [0.4, 0.5) is 0 Å². The molecule has 74 valence electrons. The van der Waals surface area contributed by atoms with Gasteiger partial charge in [0.15, 0.2) is 5.78 Å². The van der Waals surface area contributed by atoms with E-state index >= 15 is 0 Å². The first-order chi connectivity index (χ1) is 6.74. The van der Waals surface area contributed by atoms with Crippen molar-refractivity contribution in [2.75, 3.05) is 7.11 Å². The van der Waals surface area contributed by atoms with Crippen molar-refractivity contribution in [3.63, 3.8) is 0 Å². The van der Waals surface area contributed by atoms with Gasteiger partial charge in [-0.05, 0) is 47.1 Å². The summed E-state index contributed by atoms with van der Waals surface area (Å²) in [6, 6.07) is 3.95. The smallest absolute Gasteiger partial charge is 0.164 e. The van der Waals surface area contributed by atoms with Crippen LogP contribution in [0.5, 0.6) is 5.75 Å². The zero-order valence-corrected chi connectivity index (χ0v) is 10.1. The van der Waals surface area contributed by atoms with E-state index in [-0.39, 0.29) is 5.78 Å². The van der Waals surface area contributed by atoms with E-state index in [0.717, 1.165) is 27.7 Å². The van der Waals surface area contributed by atoms with Crippen molar-refractivity contribution in [1.29, 1.82) is 0 Å². The minimum absolute atomic E-state index is 0.259. The Morgan fingerprint density at radius 3 is 2.86 bits per heavy atom. The van der Waals surface area contributed by atoms with Crippen LogP contribution in [-0.4, -0.2) is 12.9 Å². The number of ketones is 1. The number of hydrogen-bond acceptors (Lipinski definition) is 2. The number of carbonyl (C=O) groups is 1. The number of aryl methyl sites for hydroxylation is 1. The summed E-state index contributed by atoms with van der Waals surface area (Å²) in [6.07, 6.45) is 2.67. The maximum atomic E-state index is 11.7. The summed E-state index contributed by atoms with van der Waals surface area (Å²) < 4.78 is 6.16. The van der Waals surface area contributed by atoms with Gasteiger partial charge in [0.2, 0.25) is 0 Å². The summed E-state index contributed by atoms with van der Waals surface area (Å²) in [5.74, 6) is 1.06. The van der Waals surface area contributed by atoms with Crippen molar-refractivity contribution in [3.8, 4) is 5.75 Å². The standard InChI is InChI=1S/C11H11IO2/c1-14-9-6-5-7-3-2-4-8(13)10(7)11(9)12/h5-6H,2-4H2,1H3. The summed E-state index contributed by atoms with van der Waals surface area (Å²) >= 11 is 2.19. The van der Waals surface area contributed by atoms with E-state index in [2.05, 4.69) is 22.6 Å². The Bertz CT molecular complexity index is 385. The molecule has 0 amide bonds. The zero-order chi connectivity index (χ0) is 10.1. The van der Waals surface area contributed by atoms with Gasteiger partial charge in [-0.2, -0.15) is 0 Å². The molecule has 0 spiro atoms. The van der Waals surface area contributed by atoms with E-state index in [1.165, 1.54) is 5.56 Å². The fourth-order valence-electron chi connectivity index (χ4n) is 1.83. The highest BCUT2D eigenvalue weighted by atomic mass is 127. The van der Waals surface area contributed by atoms with Crippen LogP contribution in [0.2, 0.25) is 0 Å². The molecule has 0 radical (unpaired) electrons. The van der Waals surface area contributed by atoms with Gasteiger partial charge in [-0.1, -0.05) is 6.07 Å². The predicted molar refractivity (Wildman–Crippen MR) is 63.0 cm³/mol. The third kappa shape index (κ3) is 1.54. The lowest BCUT2D eigenvalue weighted by atomic mass is 9.90. The maximum Gasteiger partial charge on any atom is 0.164 e. The van der Waals surface area contributed by atoms with Crippen LogP contribution in [0.25, 0.3) is 0 Å². The van der Waals surface area contributed by atoms with Crippen LogP contribution in [0.1, 0.15) is 28.8 Å². The average Bonchev–Trinajstić information content (AvgIpc) is 2.18. The van der Waals surface area contributed by atoms with Gasteiger partial charge in [-0.15, -0.1) is 0 Å². The van der Waals surface area contributed by atoms with E-state index < -0.39 is 0 Å². The lowest BCUT2D eigenvalue weighted by Crippen LogP contribution is -2.13. The molecule has 0 N–H and O–H groups in total. The highest BCUT2D eigenvalue weighted by Crippen LogP contribution is 2.31. The summed E-state index contributed by atoms with van der Waals surface area (Å²) in [5.41, 5.74) is 2.06. The number of fused-ring (bicyclic) bond motifs is 1. The molecule has 0 heterocycles. The molecule has 0 saturated heterocycles. The van der Waals surface area contributed by atoms with Gasteiger partial charge >= 0.3 is 0 Å². The number of methoxy groups -OCH3 is 1. The van der Waals surface area contributed by atoms with Crippen molar-refractivity contribution < 1.29 is 9.53 Å². The molecule has 14 heavy (non-hydrogen) atoms. The van der Waals surface area contributed by atoms with E-state index in [1.807, 2.05) is 12.1 Å².